The van der Waals surface area contributed by atoms with Gasteiger partial charge >= 0.3 is 0 Å². The van der Waals surface area contributed by atoms with Gasteiger partial charge in [-0.3, -0.25) is 10.1 Å². The van der Waals surface area contributed by atoms with Gasteiger partial charge in [0.05, 0.1) is 36.5 Å². The Kier molecular flexibility index (Phi) is 5.58. The van der Waals surface area contributed by atoms with Gasteiger partial charge in [-0.15, -0.1) is 0 Å². The summed E-state index contributed by atoms with van der Waals surface area (Å²) in [6.07, 6.45) is 0.730. The van der Waals surface area contributed by atoms with Gasteiger partial charge < -0.3 is 19.3 Å². The zero-order valence-corrected chi connectivity index (χ0v) is 18.1. The summed E-state index contributed by atoms with van der Waals surface area (Å²) in [6, 6.07) is 7.63. The first-order chi connectivity index (χ1) is 15.6. The minimum Gasteiger partial charge on any atom is -0.378 e. The first kappa shape index (κ1) is 20.6. The van der Waals surface area contributed by atoms with Crippen LogP contribution in [0.3, 0.4) is 0 Å². The van der Waals surface area contributed by atoms with Gasteiger partial charge in [0.25, 0.3) is 0 Å². The number of carbonyl (C=O) groups excluding carboxylic acids is 1. The van der Waals surface area contributed by atoms with E-state index < -0.39 is 0 Å². The molecule has 1 amide bonds. The smallest absolute Gasteiger partial charge is 0.243 e. The highest BCUT2D eigenvalue weighted by atomic mass is 16.5. The number of nitrogens with zero attached hydrogens (tertiary/aromatic N) is 7. The number of morpholine rings is 2. The molecule has 2 saturated heterocycles. The molecule has 1 N–H and O–H groups in total. The number of benzene rings is 1. The van der Waals surface area contributed by atoms with E-state index in [-0.39, 0.29) is 12.2 Å². The molecule has 5 rings (SSSR count). The first-order valence-electron chi connectivity index (χ1n) is 10.8. The molecular formula is C21H26N8O3. The molecule has 2 unspecified atom stereocenters. The Morgan fingerprint density at radius 3 is 2.31 bits per heavy atom. The van der Waals surface area contributed by atoms with Crippen molar-refractivity contribution in [3.05, 3.63) is 24.3 Å². The summed E-state index contributed by atoms with van der Waals surface area (Å²) in [5, 5.41) is 2.68. The Labute approximate surface area is 185 Å². The number of rotatable bonds is 5. The fourth-order valence-electron chi connectivity index (χ4n) is 4.21. The van der Waals surface area contributed by atoms with E-state index in [2.05, 4.69) is 20.1 Å². The maximum absolute atomic E-state index is 11.3. The van der Waals surface area contributed by atoms with Crippen LogP contribution in [-0.2, 0) is 14.3 Å². The van der Waals surface area contributed by atoms with Crippen molar-refractivity contribution < 1.29 is 14.3 Å². The maximum atomic E-state index is 11.3. The van der Waals surface area contributed by atoms with Gasteiger partial charge in [-0.2, -0.15) is 15.0 Å². The lowest BCUT2D eigenvalue weighted by Gasteiger charge is -2.36. The number of hydrogen-bond donors (Lipinski definition) is 1. The van der Waals surface area contributed by atoms with Gasteiger partial charge in [0.2, 0.25) is 30.2 Å². The molecule has 11 heteroatoms. The van der Waals surface area contributed by atoms with Crippen molar-refractivity contribution in [2.75, 3.05) is 54.5 Å². The van der Waals surface area contributed by atoms with Crippen LogP contribution in [-0.4, -0.2) is 82.5 Å². The molecule has 11 nitrogen and oxygen atoms in total. The maximum Gasteiger partial charge on any atom is 0.243 e. The van der Waals surface area contributed by atoms with Crippen molar-refractivity contribution in [1.29, 1.82) is 0 Å². The lowest BCUT2D eigenvalue weighted by Crippen LogP contribution is -2.46. The minimum absolute atomic E-state index is 0.0622. The molecule has 3 aromatic rings. The Bertz CT molecular complexity index is 1100. The topological polar surface area (TPSA) is 111 Å². The largest absolute Gasteiger partial charge is 0.378 e. The number of amides is 1. The van der Waals surface area contributed by atoms with E-state index in [1.807, 2.05) is 38.1 Å². The van der Waals surface area contributed by atoms with Crippen LogP contribution in [0.15, 0.2) is 24.3 Å². The van der Waals surface area contributed by atoms with Gasteiger partial charge in [-0.1, -0.05) is 12.1 Å². The van der Waals surface area contributed by atoms with Crippen LogP contribution >= 0.6 is 0 Å². The lowest BCUT2D eigenvalue weighted by molar-refractivity contribution is -0.105. The van der Waals surface area contributed by atoms with E-state index in [0.717, 1.165) is 11.0 Å². The van der Waals surface area contributed by atoms with Gasteiger partial charge in [0, 0.05) is 26.2 Å². The standard InChI is InChI=1S/C21H26N8O3/c1-14-11-28(12-15(2)32-14)20-24-19(27-7-9-31-10-8-27)25-21(26-20)29-17-6-4-3-5-16(17)23-18(29)22-13-30/h3-6,13-15H,7-12H2,1-2H3,(H,22,23,30). The highest BCUT2D eigenvalue weighted by molar-refractivity contribution is 5.83. The van der Waals surface area contributed by atoms with Gasteiger partial charge in [0.15, 0.2) is 0 Å². The van der Waals surface area contributed by atoms with E-state index in [1.54, 1.807) is 4.57 Å². The fourth-order valence-corrected chi connectivity index (χ4v) is 4.21. The summed E-state index contributed by atoms with van der Waals surface area (Å²) >= 11 is 0. The molecule has 0 saturated carbocycles. The molecule has 1 aromatic carbocycles. The number of imidazole rings is 1. The van der Waals surface area contributed by atoms with Crippen LogP contribution in [0, 0.1) is 0 Å². The van der Waals surface area contributed by atoms with Crippen molar-refractivity contribution in [3.8, 4) is 5.95 Å². The first-order valence-corrected chi connectivity index (χ1v) is 10.8. The molecule has 2 aliphatic rings. The molecule has 0 spiro atoms. The highest BCUT2D eigenvalue weighted by Gasteiger charge is 2.27. The third-order valence-corrected chi connectivity index (χ3v) is 5.55. The van der Waals surface area contributed by atoms with Gasteiger partial charge in [-0.05, 0) is 26.0 Å². The summed E-state index contributed by atoms with van der Waals surface area (Å²) < 4.78 is 13.2. The molecule has 2 aromatic heterocycles. The van der Waals surface area contributed by atoms with E-state index in [0.29, 0.717) is 69.6 Å². The number of fused-ring (bicyclic) bond motifs is 1. The Hall–Kier alpha value is -3.31. The number of hydrogen-bond acceptors (Lipinski definition) is 9. The molecule has 0 bridgehead atoms. The van der Waals surface area contributed by atoms with Gasteiger partial charge in [-0.25, -0.2) is 9.55 Å². The van der Waals surface area contributed by atoms with E-state index in [4.69, 9.17) is 24.4 Å². The molecule has 4 heterocycles. The van der Waals surface area contributed by atoms with Crippen molar-refractivity contribution in [1.82, 2.24) is 24.5 Å². The average Bonchev–Trinajstić information content (AvgIpc) is 3.17. The lowest BCUT2D eigenvalue weighted by atomic mass is 10.2. The minimum atomic E-state index is 0.0622. The van der Waals surface area contributed by atoms with E-state index in [1.165, 1.54) is 0 Å². The van der Waals surface area contributed by atoms with Crippen molar-refractivity contribution >= 4 is 35.3 Å². The SMILES string of the molecule is CC1CN(c2nc(N3CCOCC3)nc(-n3c(NC=O)nc4ccccc43)n2)CC(C)O1. The number of aromatic nitrogens is 5. The molecule has 0 radical (unpaired) electrons. The monoisotopic (exact) mass is 438 g/mol. The summed E-state index contributed by atoms with van der Waals surface area (Å²) in [5.41, 5.74) is 1.53. The summed E-state index contributed by atoms with van der Waals surface area (Å²) in [6.45, 7) is 8.08. The second kappa shape index (κ2) is 8.67. The number of ether oxygens (including phenoxy) is 2. The Morgan fingerprint density at radius 2 is 1.59 bits per heavy atom. The number of para-hydroxylation sites is 2. The Balaban J connectivity index is 1.66. The second-order valence-corrected chi connectivity index (χ2v) is 8.02. The molecule has 2 fully saturated rings. The molecule has 0 aliphatic carbocycles. The van der Waals surface area contributed by atoms with Crippen LogP contribution in [0.2, 0.25) is 0 Å². The molecular weight excluding hydrogens is 412 g/mol. The third-order valence-electron chi connectivity index (χ3n) is 5.55. The zero-order valence-electron chi connectivity index (χ0n) is 18.1. The van der Waals surface area contributed by atoms with E-state index in [9.17, 15) is 4.79 Å². The number of nitrogens with one attached hydrogen (secondary N) is 1. The van der Waals surface area contributed by atoms with E-state index >= 15 is 0 Å². The zero-order chi connectivity index (χ0) is 22.1. The normalized spacial score (nSPS) is 21.7. The van der Waals surface area contributed by atoms with Crippen LogP contribution < -0.4 is 15.1 Å². The predicted octanol–water partition coefficient (Wildman–Crippen LogP) is 1.23. The predicted molar refractivity (Wildman–Crippen MR) is 119 cm³/mol. The van der Waals surface area contributed by atoms with Crippen LogP contribution in [0.25, 0.3) is 17.0 Å². The Morgan fingerprint density at radius 1 is 0.938 bits per heavy atom. The van der Waals surface area contributed by atoms with Crippen molar-refractivity contribution in [2.45, 2.75) is 26.1 Å². The van der Waals surface area contributed by atoms with Crippen LogP contribution in [0.5, 0.6) is 0 Å². The number of anilines is 3. The van der Waals surface area contributed by atoms with Crippen molar-refractivity contribution in [3.63, 3.8) is 0 Å². The third kappa shape index (κ3) is 3.96. The highest BCUT2D eigenvalue weighted by Crippen LogP contribution is 2.26. The summed E-state index contributed by atoms with van der Waals surface area (Å²) in [4.78, 5) is 34.4. The second-order valence-electron chi connectivity index (χ2n) is 8.02. The molecule has 168 valence electrons. The quantitative estimate of drug-likeness (QED) is 0.588. The average molecular weight is 438 g/mol. The van der Waals surface area contributed by atoms with Crippen molar-refractivity contribution in [2.24, 2.45) is 0 Å². The fraction of sp³-hybridized carbons (Fsp3) is 0.476. The molecule has 32 heavy (non-hydrogen) atoms. The molecule has 2 aliphatic heterocycles. The van der Waals surface area contributed by atoms with Crippen LogP contribution in [0.1, 0.15) is 13.8 Å². The van der Waals surface area contributed by atoms with Gasteiger partial charge in [0.1, 0.15) is 0 Å². The van der Waals surface area contributed by atoms with Crippen LogP contribution in [0.4, 0.5) is 17.8 Å². The number of carbonyl (C=O) groups is 1. The summed E-state index contributed by atoms with van der Waals surface area (Å²) in [7, 11) is 0. The molecule has 2 atom stereocenters. The summed E-state index contributed by atoms with van der Waals surface area (Å²) in [5.74, 6) is 1.92.